The first-order valence-corrected chi connectivity index (χ1v) is 6.54. The maximum Gasteiger partial charge on any atom is 0.173 e. The van der Waals surface area contributed by atoms with Crippen molar-refractivity contribution in [1.29, 1.82) is 0 Å². The van der Waals surface area contributed by atoms with Crippen molar-refractivity contribution in [3.63, 3.8) is 0 Å². The van der Waals surface area contributed by atoms with Crippen LogP contribution in [0.4, 0.5) is 17.2 Å². The van der Waals surface area contributed by atoms with Crippen molar-refractivity contribution >= 4 is 28.8 Å². The Morgan fingerprint density at radius 3 is 2.57 bits per heavy atom. The Morgan fingerprint density at radius 1 is 1.05 bits per heavy atom. The van der Waals surface area contributed by atoms with Crippen molar-refractivity contribution in [2.24, 2.45) is 10.2 Å². The fourth-order valence-corrected chi connectivity index (χ4v) is 1.89. The van der Waals surface area contributed by atoms with Gasteiger partial charge in [-0.25, -0.2) is 4.98 Å². The van der Waals surface area contributed by atoms with E-state index in [-0.39, 0.29) is 5.82 Å². The fraction of sp³-hybridized carbons (Fsp3) is 0. The van der Waals surface area contributed by atoms with Crippen molar-refractivity contribution in [3.05, 3.63) is 53.8 Å². The Bertz CT molecular complexity index is 764. The molecule has 3 N–H and O–H groups in total. The molecule has 2 aromatic heterocycles. The average Bonchev–Trinajstić information content (AvgIpc) is 2.88. The van der Waals surface area contributed by atoms with Gasteiger partial charge >= 0.3 is 0 Å². The van der Waals surface area contributed by atoms with Crippen molar-refractivity contribution < 1.29 is 0 Å². The highest BCUT2D eigenvalue weighted by molar-refractivity contribution is 6.29. The van der Waals surface area contributed by atoms with E-state index < -0.39 is 0 Å². The summed E-state index contributed by atoms with van der Waals surface area (Å²) >= 11 is 5.78. The van der Waals surface area contributed by atoms with Crippen LogP contribution in [0, 0.1) is 0 Å². The first kappa shape index (κ1) is 13.3. The molecule has 7 heteroatoms. The van der Waals surface area contributed by atoms with E-state index in [9.17, 15) is 0 Å². The molecule has 0 bridgehead atoms. The molecule has 0 amide bonds. The minimum absolute atomic E-state index is 0.277. The Morgan fingerprint density at radius 2 is 1.86 bits per heavy atom. The summed E-state index contributed by atoms with van der Waals surface area (Å²) in [4.78, 5) is 4.03. The largest absolute Gasteiger partial charge is 0.380 e. The van der Waals surface area contributed by atoms with Crippen LogP contribution in [-0.2, 0) is 0 Å². The molecule has 3 rings (SSSR count). The molecule has 0 aliphatic rings. The first-order chi connectivity index (χ1) is 10.2. The van der Waals surface area contributed by atoms with E-state index in [0.717, 1.165) is 11.3 Å². The van der Waals surface area contributed by atoms with E-state index in [2.05, 4.69) is 25.4 Å². The Labute approximate surface area is 125 Å². The van der Waals surface area contributed by atoms with Gasteiger partial charge in [-0.3, -0.25) is 5.10 Å². The van der Waals surface area contributed by atoms with Gasteiger partial charge in [-0.05, 0) is 24.3 Å². The van der Waals surface area contributed by atoms with Gasteiger partial charge in [-0.15, -0.1) is 5.11 Å². The lowest BCUT2D eigenvalue weighted by Gasteiger charge is -1.99. The summed E-state index contributed by atoms with van der Waals surface area (Å²) < 4.78 is 0. The van der Waals surface area contributed by atoms with Crippen LogP contribution >= 0.6 is 11.6 Å². The number of H-pyrrole nitrogens is 1. The molecule has 0 aliphatic carbocycles. The van der Waals surface area contributed by atoms with Gasteiger partial charge in [-0.2, -0.15) is 10.2 Å². The Kier molecular flexibility index (Phi) is 3.61. The number of nitrogen functional groups attached to an aromatic ring is 1. The van der Waals surface area contributed by atoms with Gasteiger partial charge in [0.05, 0.1) is 11.4 Å². The van der Waals surface area contributed by atoms with Gasteiger partial charge in [0, 0.05) is 11.8 Å². The van der Waals surface area contributed by atoms with Crippen molar-refractivity contribution in [2.45, 2.75) is 0 Å². The Hall–Kier alpha value is -2.73. The zero-order valence-electron chi connectivity index (χ0n) is 10.9. The van der Waals surface area contributed by atoms with Gasteiger partial charge < -0.3 is 5.73 Å². The summed E-state index contributed by atoms with van der Waals surface area (Å²) in [6, 6.07) is 12.9. The van der Waals surface area contributed by atoms with Gasteiger partial charge in [-0.1, -0.05) is 29.8 Å². The molecule has 0 spiro atoms. The number of halogens is 1. The highest BCUT2D eigenvalue weighted by Crippen LogP contribution is 2.34. The van der Waals surface area contributed by atoms with Crippen LogP contribution in [-0.4, -0.2) is 15.2 Å². The molecule has 3 aromatic rings. The van der Waals surface area contributed by atoms with Crippen molar-refractivity contribution in [3.8, 4) is 11.3 Å². The summed E-state index contributed by atoms with van der Waals surface area (Å²) in [5, 5.41) is 15.5. The van der Waals surface area contributed by atoms with E-state index >= 15 is 0 Å². The maximum absolute atomic E-state index is 5.83. The van der Waals surface area contributed by atoms with Crippen LogP contribution in [0.1, 0.15) is 0 Å². The van der Waals surface area contributed by atoms with E-state index in [0.29, 0.717) is 16.5 Å². The number of anilines is 1. The monoisotopic (exact) mass is 298 g/mol. The van der Waals surface area contributed by atoms with E-state index in [1.807, 2.05) is 36.4 Å². The summed E-state index contributed by atoms with van der Waals surface area (Å²) in [6.45, 7) is 0. The number of hydrogen-bond donors (Lipinski definition) is 2. The third-order valence-corrected chi connectivity index (χ3v) is 3.03. The number of pyridine rings is 1. The lowest BCUT2D eigenvalue weighted by Crippen LogP contribution is -1.83. The van der Waals surface area contributed by atoms with Crippen LogP contribution in [0.5, 0.6) is 0 Å². The number of hydrogen-bond acceptors (Lipinski definition) is 5. The Balaban J connectivity index is 1.98. The second-order valence-electron chi connectivity index (χ2n) is 4.24. The normalized spacial score (nSPS) is 11.1. The fourth-order valence-electron chi connectivity index (χ4n) is 1.78. The van der Waals surface area contributed by atoms with Crippen LogP contribution in [0.25, 0.3) is 11.3 Å². The zero-order chi connectivity index (χ0) is 14.7. The first-order valence-electron chi connectivity index (χ1n) is 6.16. The van der Waals surface area contributed by atoms with Crippen LogP contribution < -0.4 is 5.73 Å². The minimum Gasteiger partial charge on any atom is -0.380 e. The topological polar surface area (TPSA) is 92.3 Å². The molecule has 21 heavy (non-hydrogen) atoms. The lowest BCUT2D eigenvalue weighted by molar-refractivity contribution is 1.10. The van der Waals surface area contributed by atoms with Crippen LogP contribution in [0.3, 0.4) is 0 Å². The maximum atomic E-state index is 5.83. The molecule has 6 nitrogen and oxygen atoms in total. The molecule has 1 aromatic carbocycles. The molecular formula is C14H11ClN6. The number of benzene rings is 1. The van der Waals surface area contributed by atoms with E-state index in [1.54, 1.807) is 12.3 Å². The number of rotatable bonds is 3. The smallest absolute Gasteiger partial charge is 0.173 e. The third kappa shape index (κ3) is 2.90. The molecular weight excluding hydrogens is 288 g/mol. The van der Waals surface area contributed by atoms with Gasteiger partial charge in [0.25, 0.3) is 0 Å². The minimum atomic E-state index is 0.277. The number of nitrogens with zero attached hydrogens (tertiary/aromatic N) is 4. The zero-order valence-corrected chi connectivity index (χ0v) is 11.6. The molecule has 0 fully saturated rings. The van der Waals surface area contributed by atoms with Gasteiger partial charge in [0.15, 0.2) is 11.5 Å². The lowest BCUT2D eigenvalue weighted by atomic mass is 10.2. The van der Waals surface area contributed by atoms with E-state index in [4.69, 9.17) is 17.3 Å². The molecule has 0 atom stereocenters. The number of nitrogens with two attached hydrogens (primary N) is 1. The SMILES string of the molecule is Nc1n[nH]c(-c2ccc(Cl)nc2)c1N=Nc1ccccc1. The number of nitrogens with one attached hydrogen (secondary N) is 1. The number of aromatic amines is 1. The third-order valence-electron chi connectivity index (χ3n) is 2.81. The second kappa shape index (κ2) is 5.72. The molecule has 104 valence electrons. The summed E-state index contributed by atoms with van der Waals surface area (Å²) in [6.07, 6.45) is 1.62. The highest BCUT2D eigenvalue weighted by atomic mass is 35.5. The molecule has 0 unspecified atom stereocenters. The van der Waals surface area contributed by atoms with Crippen molar-refractivity contribution in [1.82, 2.24) is 15.2 Å². The average molecular weight is 299 g/mol. The standard InChI is InChI=1S/C14H11ClN6/c15-11-7-6-9(8-17-11)12-13(14(16)21-19-12)20-18-10-4-2-1-3-5-10/h1-8H,(H3,16,19,21). The predicted molar refractivity (Wildman–Crippen MR) is 81.9 cm³/mol. The molecule has 0 radical (unpaired) electrons. The summed E-state index contributed by atoms with van der Waals surface area (Å²) in [7, 11) is 0. The number of azo groups is 1. The second-order valence-corrected chi connectivity index (χ2v) is 4.62. The van der Waals surface area contributed by atoms with Gasteiger partial charge in [0.1, 0.15) is 5.15 Å². The van der Waals surface area contributed by atoms with E-state index in [1.165, 1.54) is 0 Å². The van der Waals surface area contributed by atoms with Crippen LogP contribution in [0.15, 0.2) is 58.9 Å². The number of aromatic nitrogens is 3. The van der Waals surface area contributed by atoms with Gasteiger partial charge in [0.2, 0.25) is 0 Å². The predicted octanol–water partition coefficient (Wildman–Crippen LogP) is 4.12. The van der Waals surface area contributed by atoms with Crippen molar-refractivity contribution in [2.75, 3.05) is 5.73 Å². The molecule has 0 saturated heterocycles. The summed E-state index contributed by atoms with van der Waals surface area (Å²) in [5.41, 5.74) is 8.47. The summed E-state index contributed by atoms with van der Waals surface area (Å²) in [5.74, 6) is 0.277. The molecule has 0 saturated carbocycles. The quantitative estimate of drug-likeness (QED) is 0.562. The molecule has 0 aliphatic heterocycles. The highest BCUT2D eigenvalue weighted by Gasteiger charge is 2.12. The van der Waals surface area contributed by atoms with Crippen LogP contribution in [0.2, 0.25) is 5.15 Å². The molecule has 2 heterocycles.